The van der Waals surface area contributed by atoms with Gasteiger partial charge in [0.05, 0.1) is 13.2 Å². The minimum Gasteiger partial charge on any atom is -0.407 e. The maximum Gasteiger partial charge on any atom is 0.496 e. The first-order valence-corrected chi connectivity index (χ1v) is 6.36. The van der Waals surface area contributed by atoms with Gasteiger partial charge in [-0.25, -0.2) is 0 Å². The molecule has 1 aliphatic rings. The molecule has 0 N–H and O–H groups in total. The summed E-state index contributed by atoms with van der Waals surface area (Å²) in [5.41, 5.74) is 0.356. The van der Waals surface area contributed by atoms with Crippen LogP contribution in [0.2, 0.25) is 0 Å². The minimum atomic E-state index is -0.592. The highest BCUT2D eigenvalue weighted by Crippen LogP contribution is 2.45. The molecule has 1 atom stereocenters. The molecule has 98 valence electrons. The lowest BCUT2D eigenvalue weighted by Crippen LogP contribution is -2.55. The average molecular weight is 248 g/mol. The lowest BCUT2D eigenvalue weighted by Gasteiger charge is -2.44. The maximum absolute atomic E-state index is 5.92. The van der Waals surface area contributed by atoms with Crippen LogP contribution in [0.15, 0.2) is 30.3 Å². The standard InChI is InChI=1S/C14H21BO3/c1-13(2,3)14(16-4,15-17-10-11-18-15)12-8-6-5-7-9-12/h5-9H,10-11H2,1-4H3. The summed E-state index contributed by atoms with van der Waals surface area (Å²) in [5.74, 6) is 0. The second-order valence-corrected chi connectivity index (χ2v) is 5.63. The molecule has 1 heterocycles. The molecule has 0 bridgehead atoms. The van der Waals surface area contributed by atoms with Crippen molar-refractivity contribution in [2.24, 2.45) is 5.41 Å². The van der Waals surface area contributed by atoms with E-state index in [4.69, 9.17) is 14.0 Å². The molecule has 1 aromatic rings. The Kier molecular flexibility index (Phi) is 3.80. The molecule has 1 saturated heterocycles. The molecule has 2 rings (SSSR count). The molecule has 0 amide bonds. The normalized spacial score (nSPS) is 19.9. The molecule has 0 aliphatic carbocycles. The monoisotopic (exact) mass is 248 g/mol. The van der Waals surface area contributed by atoms with Crippen LogP contribution in [0.4, 0.5) is 0 Å². The van der Waals surface area contributed by atoms with E-state index in [9.17, 15) is 0 Å². The zero-order chi connectivity index (χ0) is 13.2. The van der Waals surface area contributed by atoms with E-state index in [1.54, 1.807) is 7.11 Å². The topological polar surface area (TPSA) is 27.7 Å². The fourth-order valence-corrected chi connectivity index (χ4v) is 2.72. The van der Waals surface area contributed by atoms with Gasteiger partial charge in [0.25, 0.3) is 0 Å². The van der Waals surface area contributed by atoms with Gasteiger partial charge in [0.15, 0.2) is 0 Å². The van der Waals surface area contributed by atoms with Gasteiger partial charge in [-0.2, -0.15) is 0 Å². The van der Waals surface area contributed by atoms with Gasteiger partial charge in [-0.3, -0.25) is 0 Å². The molecule has 1 aliphatic heterocycles. The highest BCUT2D eigenvalue weighted by molar-refractivity contribution is 6.49. The van der Waals surface area contributed by atoms with Crippen molar-refractivity contribution < 1.29 is 14.0 Å². The molecule has 1 unspecified atom stereocenters. The van der Waals surface area contributed by atoms with E-state index in [0.717, 1.165) is 5.56 Å². The summed E-state index contributed by atoms with van der Waals surface area (Å²) in [6, 6.07) is 10.2. The van der Waals surface area contributed by atoms with E-state index in [0.29, 0.717) is 13.2 Å². The molecule has 0 radical (unpaired) electrons. The van der Waals surface area contributed by atoms with Crippen molar-refractivity contribution in [1.82, 2.24) is 0 Å². The Morgan fingerprint density at radius 1 is 1.06 bits per heavy atom. The minimum absolute atomic E-state index is 0.141. The molecule has 0 spiro atoms. The van der Waals surface area contributed by atoms with Crippen molar-refractivity contribution in [3.05, 3.63) is 35.9 Å². The van der Waals surface area contributed by atoms with Crippen LogP contribution in [0.5, 0.6) is 0 Å². The van der Waals surface area contributed by atoms with Crippen LogP contribution in [0, 0.1) is 5.41 Å². The Morgan fingerprint density at radius 2 is 1.61 bits per heavy atom. The summed E-state index contributed by atoms with van der Waals surface area (Å²) >= 11 is 0. The quantitative estimate of drug-likeness (QED) is 0.769. The molecule has 0 aromatic heterocycles. The molecular formula is C14H21BO3. The first-order valence-electron chi connectivity index (χ1n) is 6.36. The van der Waals surface area contributed by atoms with E-state index in [1.807, 2.05) is 18.2 Å². The van der Waals surface area contributed by atoms with Crippen LogP contribution in [-0.4, -0.2) is 27.4 Å². The number of hydrogen-bond acceptors (Lipinski definition) is 3. The Balaban J connectivity index is 2.51. The van der Waals surface area contributed by atoms with Crippen molar-refractivity contribution in [3.63, 3.8) is 0 Å². The van der Waals surface area contributed by atoms with Crippen LogP contribution in [0.3, 0.4) is 0 Å². The third-order valence-corrected chi connectivity index (χ3v) is 3.59. The third kappa shape index (κ3) is 2.09. The summed E-state index contributed by atoms with van der Waals surface area (Å²) in [7, 11) is 1.37. The van der Waals surface area contributed by atoms with Gasteiger partial charge in [-0.1, -0.05) is 51.1 Å². The lowest BCUT2D eigenvalue weighted by atomic mass is 9.52. The van der Waals surface area contributed by atoms with Gasteiger partial charge < -0.3 is 14.0 Å². The van der Waals surface area contributed by atoms with Gasteiger partial charge in [-0.15, -0.1) is 0 Å². The molecule has 0 saturated carbocycles. The largest absolute Gasteiger partial charge is 0.496 e. The Hall–Kier alpha value is -0.835. The molecule has 3 nitrogen and oxygen atoms in total. The van der Waals surface area contributed by atoms with Crippen molar-refractivity contribution >= 4 is 7.12 Å². The SMILES string of the molecule is COC(B1OCCO1)(c1ccccc1)C(C)(C)C. The zero-order valence-electron chi connectivity index (χ0n) is 11.6. The molecule has 1 aromatic carbocycles. The predicted octanol–water partition coefficient (Wildman–Crippen LogP) is 2.65. The molecule has 18 heavy (non-hydrogen) atoms. The molecule has 4 heteroatoms. The fourth-order valence-electron chi connectivity index (χ4n) is 2.72. The predicted molar refractivity (Wildman–Crippen MR) is 72.2 cm³/mol. The summed E-state index contributed by atoms with van der Waals surface area (Å²) in [4.78, 5) is 0. The third-order valence-electron chi connectivity index (χ3n) is 3.59. The maximum atomic E-state index is 5.92. The van der Waals surface area contributed by atoms with Crippen molar-refractivity contribution in [1.29, 1.82) is 0 Å². The second kappa shape index (κ2) is 5.04. The first kappa shape index (κ1) is 13.6. The van der Waals surface area contributed by atoms with Crippen molar-refractivity contribution in [2.75, 3.05) is 20.3 Å². The number of ether oxygens (including phenoxy) is 1. The summed E-state index contributed by atoms with van der Waals surface area (Å²) in [5, 5.41) is 0. The van der Waals surface area contributed by atoms with Crippen molar-refractivity contribution in [2.45, 2.75) is 26.3 Å². The van der Waals surface area contributed by atoms with Crippen LogP contribution in [-0.2, 0) is 19.5 Å². The molecule has 1 fully saturated rings. The van der Waals surface area contributed by atoms with E-state index in [1.165, 1.54) is 0 Å². The fraction of sp³-hybridized carbons (Fsp3) is 0.571. The van der Waals surface area contributed by atoms with Gasteiger partial charge in [0.2, 0.25) is 0 Å². The highest BCUT2D eigenvalue weighted by atomic mass is 16.7. The first-order chi connectivity index (χ1) is 8.52. The van der Waals surface area contributed by atoms with E-state index in [-0.39, 0.29) is 12.5 Å². The van der Waals surface area contributed by atoms with Gasteiger partial charge in [-0.05, 0) is 11.0 Å². The van der Waals surface area contributed by atoms with Crippen LogP contribution < -0.4 is 0 Å². The summed E-state index contributed by atoms with van der Waals surface area (Å²) in [6.07, 6.45) is 0. The van der Waals surface area contributed by atoms with Crippen LogP contribution in [0.25, 0.3) is 0 Å². The number of hydrogen-bond donors (Lipinski definition) is 0. The average Bonchev–Trinajstić information content (AvgIpc) is 2.84. The number of rotatable bonds is 3. The highest BCUT2D eigenvalue weighted by Gasteiger charge is 2.57. The second-order valence-electron chi connectivity index (χ2n) is 5.63. The van der Waals surface area contributed by atoms with Crippen LogP contribution in [0.1, 0.15) is 26.3 Å². The van der Waals surface area contributed by atoms with Gasteiger partial charge in [0.1, 0.15) is 5.50 Å². The Labute approximate surface area is 110 Å². The summed E-state index contributed by atoms with van der Waals surface area (Å²) in [6.45, 7) is 7.69. The van der Waals surface area contributed by atoms with E-state index < -0.39 is 5.50 Å². The van der Waals surface area contributed by atoms with E-state index >= 15 is 0 Å². The lowest BCUT2D eigenvalue weighted by molar-refractivity contribution is -0.0555. The smallest absolute Gasteiger partial charge is 0.407 e. The zero-order valence-corrected chi connectivity index (χ0v) is 11.6. The van der Waals surface area contributed by atoms with E-state index in [2.05, 4.69) is 32.9 Å². The summed E-state index contributed by atoms with van der Waals surface area (Å²) < 4.78 is 17.4. The number of methoxy groups -OCH3 is 1. The van der Waals surface area contributed by atoms with Gasteiger partial charge in [0, 0.05) is 7.11 Å². The van der Waals surface area contributed by atoms with Gasteiger partial charge >= 0.3 is 7.12 Å². The van der Waals surface area contributed by atoms with Crippen LogP contribution >= 0.6 is 0 Å². The Morgan fingerprint density at radius 3 is 2.06 bits per heavy atom. The Bertz CT molecular complexity index is 382. The number of benzene rings is 1. The van der Waals surface area contributed by atoms with Crippen molar-refractivity contribution in [3.8, 4) is 0 Å². The molecular weight excluding hydrogens is 227 g/mol.